The normalized spacial score (nSPS) is 16.7. The Morgan fingerprint density at radius 1 is 1.10 bits per heavy atom. The second-order valence-electron chi connectivity index (χ2n) is 7.67. The molecule has 3 heterocycles. The molecule has 1 unspecified atom stereocenters. The van der Waals surface area contributed by atoms with E-state index in [1.165, 1.54) is 0 Å². The fraction of sp³-hybridized carbons (Fsp3) is 0.261. The van der Waals surface area contributed by atoms with Gasteiger partial charge in [0, 0.05) is 36.4 Å². The van der Waals surface area contributed by atoms with Crippen molar-refractivity contribution in [2.75, 3.05) is 29.9 Å². The lowest BCUT2D eigenvalue weighted by Crippen LogP contribution is -2.49. The molecule has 0 saturated carbocycles. The molecule has 152 valence electrons. The third-order valence-corrected chi connectivity index (χ3v) is 5.65. The van der Waals surface area contributed by atoms with E-state index in [1.807, 2.05) is 36.5 Å². The highest BCUT2D eigenvalue weighted by atomic mass is 16.2. The second-order valence-corrected chi connectivity index (χ2v) is 7.67. The molecule has 3 N–H and O–H groups in total. The number of carbonyl (C=O) groups excluding carboxylic acids is 1. The Morgan fingerprint density at radius 3 is 2.97 bits per heavy atom. The first-order valence-electron chi connectivity index (χ1n) is 10.3. The molecule has 1 saturated heterocycles. The van der Waals surface area contributed by atoms with Gasteiger partial charge in [-0.2, -0.15) is 0 Å². The number of fused-ring (bicyclic) bond motifs is 2. The highest BCUT2D eigenvalue weighted by Gasteiger charge is 2.23. The maximum Gasteiger partial charge on any atom is 0.239 e. The number of hydrogen-bond acceptors (Lipinski definition) is 5. The number of carbonyl (C=O) groups is 1. The highest BCUT2D eigenvalue weighted by Crippen LogP contribution is 2.25. The fourth-order valence-corrected chi connectivity index (χ4v) is 4.23. The minimum Gasteiger partial charge on any atom is -0.376 e. The van der Waals surface area contributed by atoms with E-state index >= 15 is 0 Å². The van der Waals surface area contributed by atoms with E-state index < -0.39 is 0 Å². The summed E-state index contributed by atoms with van der Waals surface area (Å²) in [5.74, 6) is 0.929. The number of hydrogen-bond donors (Lipinski definition) is 3. The molecule has 0 aliphatic carbocycles. The van der Waals surface area contributed by atoms with Crippen LogP contribution >= 0.6 is 0 Å². The number of nitrogens with zero attached hydrogens (tertiary/aromatic N) is 3. The van der Waals surface area contributed by atoms with Gasteiger partial charge in [-0.1, -0.05) is 36.4 Å². The van der Waals surface area contributed by atoms with Crippen LogP contribution < -0.4 is 15.5 Å². The molecule has 1 fully saturated rings. The number of amides is 1. The topological polar surface area (TPSA) is 85.9 Å². The van der Waals surface area contributed by atoms with Gasteiger partial charge >= 0.3 is 0 Å². The van der Waals surface area contributed by atoms with Crippen molar-refractivity contribution in [1.29, 1.82) is 0 Å². The molecule has 0 spiro atoms. The largest absolute Gasteiger partial charge is 0.376 e. The van der Waals surface area contributed by atoms with Gasteiger partial charge in [0.2, 0.25) is 5.91 Å². The number of rotatable bonds is 5. The van der Waals surface area contributed by atoms with Crippen LogP contribution in [0.25, 0.3) is 21.8 Å². The minimum atomic E-state index is 0.00395. The number of aromatic amines is 1. The lowest BCUT2D eigenvalue weighted by Gasteiger charge is -2.34. The molecule has 30 heavy (non-hydrogen) atoms. The van der Waals surface area contributed by atoms with Crippen molar-refractivity contribution in [3.05, 3.63) is 61.1 Å². The number of piperidine rings is 1. The Hall–Kier alpha value is -3.61. The summed E-state index contributed by atoms with van der Waals surface area (Å²) < 4.78 is 0. The average molecular weight is 400 g/mol. The smallest absolute Gasteiger partial charge is 0.239 e. The average Bonchev–Trinajstić information content (AvgIpc) is 3.27. The van der Waals surface area contributed by atoms with Crippen LogP contribution in [-0.2, 0) is 4.79 Å². The summed E-state index contributed by atoms with van der Waals surface area (Å²) in [6.45, 7) is 1.93. The third kappa shape index (κ3) is 3.66. The van der Waals surface area contributed by atoms with Gasteiger partial charge in [-0.15, -0.1) is 0 Å². The van der Waals surface area contributed by atoms with E-state index in [2.05, 4.69) is 48.7 Å². The Bertz CT molecular complexity index is 1180. The molecule has 2 aromatic heterocycles. The number of benzene rings is 2. The standard InChI is InChI=1S/C23H24N6O/c30-21(13-25-20-9-3-6-16-5-1-2-8-18(16)20)28-17-7-4-12-29(14-17)23-19-10-11-24-22(19)26-15-27-23/h1-3,5-6,8-11,15,17,25H,4,7,12-14H2,(H,28,30)(H,24,26,27). The van der Waals surface area contributed by atoms with E-state index in [-0.39, 0.29) is 18.5 Å². The van der Waals surface area contributed by atoms with Crippen molar-refractivity contribution >= 4 is 39.2 Å². The van der Waals surface area contributed by atoms with Gasteiger partial charge in [-0.05, 0) is 30.4 Å². The first-order valence-corrected chi connectivity index (χ1v) is 10.3. The van der Waals surface area contributed by atoms with Gasteiger partial charge in [0.15, 0.2) is 0 Å². The SMILES string of the molecule is O=C(CNc1cccc2ccccc12)NC1CCCN(c2ncnc3[nH]ccc23)C1. The van der Waals surface area contributed by atoms with Crippen molar-refractivity contribution in [2.45, 2.75) is 18.9 Å². The minimum absolute atomic E-state index is 0.00395. The van der Waals surface area contributed by atoms with Gasteiger partial charge in [-0.3, -0.25) is 4.79 Å². The number of nitrogens with one attached hydrogen (secondary N) is 3. The zero-order chi connectivity index (χ0) is 20.3. The van der Waals surface area contributed by atoms with Gasteiger partial charge < -0.3 is 20.5 Å². The summed E-state index contributed by atoms with van der Waals surface area (Å²) in [6.07, 6.45) is 5.45. The first-order chi connectivity index (χ1) is 14.8. The van der Waals surface area contributed by atoms with Gasteiger partial charge in [0.25, 0.3) is 0 Å². The first kappa shape index (κ1) is 18.4. The van der Waals surface area contributed by atoms with Gasteiger partial charge in [0.05, 0.1) is 11.9 Å². The molecule has 1 aliphatic heterocycles. The molecular formula is C23H24N6O. The van der Waals surface area contributed by atoms with E-state index in [9.17, 15) is 4.79 Å². The zero-order valence-corrected chi connectivity index (χ0v) is 16.6. The molecule has 0 radical (unpaired) electrons. The summed E-state index contributed by atoms with van der Waals surface area (Å²) in [6, 6.07) is 16.4. The van der Waals surface area contributed by atoms with Crippen LogP contribution in [0.15, 0.2) is 61.1 Å². The van der Waals surface area contributed by atoms with Gasteiger partial charge in [0.1, 0.15) is 17.8 Å². The van der Waals surface area contributed by atoms with Crippen molar-refractivity contribution in [1.82, 2.24) is 20.3 Å². The molecule has 2 aromatic carbocycles. The van der Waals surface area contributed by atoms with Crippen LogP contribution in [0.4, 0.5) is 11.5 Å². The fourth-order valence-electron chi connectivity index (χ4n) is 4.23. The molecule has 4 aromatic rings. The quantitative estimate of drug-likeness (QED) is 0.479. The van der Waals surface area contributed by atoms with Crippen molar-refractivity contribution in [3.8, 4) is 0 Å². The van der Waals surface area contributed by atoms with E-state index in [0.29, 0.717) is 0 Å². The van der Waals surface area contributed by atoms with Crippen molar-refractivity contribution in [3.63, 3.8) is 0 Å². The Balaban J connectivity index is 1.22. The summed E-state index contributed by atoms with van der Waals surface area (Å²) in [5, 5.41) is 9.77. The number of H-pyrrole nitrogens is 1. The summed E-state index contributed by atoms with van der Waals surface area (Å²) >= 11 is 0. The van der Waals surface area contributed by atoms with Crippen LogP contribution in [-0.4, -0.2) is 46.5 Å². The van der Waals surface area contributed by atoms with Crippen LogP contribution in [0.1, 0.15) is 12.8 Å². The maximum atomic E-state index is 12.6. The summed E-state index contributed by atoms with van der Waals surface area (Å²) in [4.78, 5) is 26.7. The predicted molar refractivity (Wildman–Crippen MR) is 120 cm³/mol. The zero-order valence-electron chi connectivity index (χ0n) is 16.6. The van der Waals surface area contributed by atoms with E-state index in [0.717, 1.165) is 59.2 Å². The second kappa shape index (κ2) is 8.02. The monoisotopic (exact) mass is 400 g/mol. The number of aromatic nitrogens is 3. The maximum absolute atomic E-state index is 12.6. The highest BCUT2D eigenvalue weighted by molar-refractivity contribution is 5.95. The molecule has 1 aliphatic rings. The third-order valence-electron chi connectivity index (χ3n) is 5.65. The van der Waals surface area contributed by atoms with Crippen molar-refractivity contribution < 1.29 is 4.79 Å². The molecular weight excluding hydrogens is 376 g/mol. The Kier molecular flexibility index (Phi) is 4.93. The van der Waals surface area contributed by atoms with E-state index in [1.54, 1.807) is 6.33 Å². The van der Waals surface area contributed by atoms with E-state index in [4.69, 9.17) is 0 Å². The number of anilines is 2. The molecule has 5 rings (SSSR count). The molecule has 1 atom stereocenters. The van der Waals surface area contributed by atoms with Crippen molar-refractivity contribution in [2.24, 2.45) is 0 Å². The summed E-state index contributed by atoms with van der Waals surface area (Å²) in [5.41, 5.74) is 1.81. The Morgan fingerprint density at radius 2 is 2.00 bits per heavy atom. The molecule has 1 amide bonds. The van der Waals surface area contributed by atoms with Crippen LogP contribution in [0.2, 0.25) is 0 Å². The molecule has 0 bridgehead atoms. The molecule has 7 heteroatoms. The predicted octanol–water partition coefficient (Wildman–Crippen LogP) is 3.31. The van der Waals surface area contributed by atoms with Crippen LogP contribution in [0.5, 0.6) is 0 Å². The lowest BCUT2D eigenvalue weighted by molar-refractivity contribution is -0.120. The Labute approximate surface area is 174 Å². The summed E-state index contributed by atoms with van der Waals surface area (Å²) in [7, 11) is 0. The lowest BCUT2D eigenvalue weighted by atomic mass is 10.1. The van der Waals surface area contributed by atoms with Crippen LogP contribution in [0.3, 0.4) is 0 Å². The van der Waals surface area contributed by atoms with Crippen LogP contribution in [0, 0.1) is 0 Å². The molecule has 7 nitrogen and oxygen atoms in total. The van der Waals surface area contributed by atoms with Gasteiger partial charge in [-0.25, -0.2) is 9.97 Å².